The molecule has 1 atom stereocenters. The smallest absolute Gasteiger partial charge is 0.253 e. The van der Waals surface area contributed by atoms with Crippen LogP contribution in [0, 0.1) is 12.8 Å². The minimum atomic E-state index is -0.0486. The number of halogens is 1. The highest BCUT2D eigenvalue weighted by Gasteiger charge is 2.18. The number of carbonyl (C=O) groups excluding carboxylic acids is 1. The Morgan fingerprint density at radius 3 is 2.63 bits per heavy atom. The Hall–Kier alpha value is -1.13. The Morgan fingerprint density at radius 2 is 2.16 bits per heavy atom. The van der Waals surface area contributed by atoms with Gasteiger partial charge in [-0.3, -0.25) is 4.79 Å². The number of carbonyl (C=O) groups is 1. The van der Waals surface area contributed by atoms with E-state index in [0.717, 1.165) is 5.56 Å². The summed E-state index contributed by atoms with van der Waals surface area (Å²) < 4.78 is 0. The molecule has 0 saturated carbocycles. The molecule has 1 aromatic carbocycles. The zero-order chi connectivity index (χ0) is 14.6. The summed E-state index contributed by atoms with van der Waals surface area (Å²) in [6.07, 6.45) is 0. The van der Waals surface area contributed by atoms with E-state index < -0.39 is 0 Å². The van der Waals surface area contributed by atoms with E-state index in [1.165, 1.54) is 0 Å². The van der Waals surface area contributed by atoms with E-state index in [-0.39, 0.29) is 11.8 Å². The predicted octanol–water partition coefficient (Wildman–Crippen LogP) is 3.03. The summed E-state index contributed by atoms with van der Waals surface area (Å²) in [7, 11) is 0. The molecule has 0 saturated heterocycles. The van der Waals surface area contributed by atoms with Crippen LogP contribution in [0.15, 0.2) is 18.2 Å². The second-order valence-electron chi connectivity index (χ2n) is 4.61. The van der Waals surface area contributed by atoms with Gasteiger partial charge in [-0.05, 0) is 31.5 Å². The first-order valence-electron chi connectivity index (χ1n) is 6.21. The van der Waals surface area contributed by atoms with Crippen molar-refractivity contribution < 1.29 is 4.79 Å². The number of hydrogen-bond donors (Lipinski definition) is 1. The lowest BCUT2D eigenvalue weighted by Crippen LogP contribution is -2.38. The molecule has 0 bridgehead atoms. The molecular formula is C14H19ClN2OS. The van der Waals surface area contributed by atoms with Crippen LogP contribution >= 0.6 is 23.8 Å². The van der Waals surface area contributed by atoms with Gasteiger partial charge in [-0.1, -0.05) is 36.8 Å². The Labute approximate surface area is 124 Å². The number of nitrogens with zero attached hydrogens (tertiary/aromatic N) is 1. The van der Waals surface area contributed by atoms with Crippen molar-refractivity contribution in [3.63, 3.8) is 0 Å². The molecule has 0 heterocycles. The Bertz CT molecular complexity index is 490. The maximum Gasteiger partial charge on any atom is 0.253 e. The molecular weight excluding hydrogens is 280 g/mol. The van der Waals surface area contributed by atoms with E-state index in [0.29, 0.717) is 28.7 Å². The fourth-order valence-corrected chi connectivity index (χ4v) is 1.94. The summed E-state index contributed by atoms with van der Waals surface area (Å²) >= 11 is 11.0. The van der Waals surface area contributed by atoms with Gasteiger partial charge < -0.3 is 10.6 Å². The summed E-state index contributed by atoms with van der Waals surface area (Å²) in [6, 6.07) is 5.34. The topological polar surface area (TPSA) is 46.3 Å². The van der Waals surface area contributed by atoms with Crippen molar-refractivity contribution in [3.8, 4) is 0 Å². The van der Waals surface area contributed by atoms with Crippen molar-refractivity contribution >= 4 is 34.7 Å². The first-order chi connectivity index (χ1) is 8.86. The van der Waals surface area contributed by atoms with Crippen LogP contribution in [-0.2, 0) is 0 Å². The van der Waals surface area contributed by atoms with E-state index in [1.807, 2.05) is 26.8 Å². The second-order valence-corrected chi connectivity index (χ2v) is 5.49. The Kier molecular flexibility index (Phi) is 5.76. The molecule has 1 unspecified atom stereocenters. The Morgan fingerprint density at radius 1 is 1.53 bits per heavy atom. The van der Waals surface area contributed by atoms with Gasteiger partial charge in [0.1, 0.15) is 0 Å². The molecule has 2 N–H and O–H groups in total. The fraction of sp³-hybridized carbons (Fsp3) is 0.429. The van der Waals surface area contributed by atoms with Crippen LogP contribution in [0.25, 0.3) is 0 Å². The van der Waals surface area contributed by atoms with Crippen molar-refractivity contribution in [3.05, 3.63) is 34.3 Å². The highest BCUT2D eigenvalue weighted by atomic mass is 35.5. The van der Waals surface area contributed by atoms with E-state index in [4.69, 9.17) is 29.6 Å². The molecule has 3 nitrogen and oxygen atoms in total. The molecule has 19 heavy (non-hydrogen) atoms. The van der Waals surface area contributed by atoms with Gasteiger partial charge in [-0.15, -0.1) is 0 Å². The summed E-state index contributed by atoms with van der Waals surface area (Å²) in [5.74, 6) is -0.0488. The first kappa shape index (κ1) is 15.9. The quantitative estimate of drug-likeness (QED) is 0.850. The lowest BCUT2D eigenvalue weighted by atomic mass is 10.1. The van der Waals surface area contributed by atoms with Crippen molar-refractivity contribution in [1.29, 1.82) is 0 Å². The molecule has 0 aromatic heterocycles. The largest absolute Gasteiger partial charge is 0.393 e. The molecule has 0 aliphatic heterocycles. The van der Waals surface area contributed by atoms with Gasteiger partial charge >= 0.3 is 0 Å². The highest BCUT2D eigenvalue weighted by Crippen LogP contribution is 2.18. The normalized spacial score (nSPS) is 12.0. The molecule has 5 heteroatoms. The highest BCUT2D eigenvalue weighted by molar-refractivity contribution is 7.80. The van der Waals surface area contributed by atoms with Crippen LogP contribution in [0.2, 0.25) is 5.02 Å². The number of thiocarbonyl (C=S) groups is 1. The molecule has 0 fully saturated rings. The van der Waals surface area contributed by atoms with Crippen LogP contribution < -0.4 is 5.73 Å². The summed E-state index contributed by atoms with van der Waals surface area (Å²) in [6.45, 7) is 6.89. The monoisotopic (exact) mass is 298 g/mol. The van der Waals surface area contributed by atoms with E-state index in [9.17, 15) is 4.79 Å². The zero-order valence-corrected chi connectivity index (χ0v) is 13.0. The van der Waals surface area contributed by atoms with Crippen molar-refractivity contribution in [2.75, 3.05) is 13.1 Å². The first-order valence-corrected chi connectivity index (χ1v) is 7.00. The lowest BCUT2D eigenvalue weighted by molar-refractivity contribution is 0.0755. The molecule has 104 valence electrons. The minimum Gasteiger partial charge on any atom is -0.393 e. The number of hydrogen-bond acceptors (Lipinski definition) is 2. The number of rotatable bonds is 5. The van der Waals surface area contributed by atoms with Gasteiger partial charge in [0.25, 0.3) is 5.91 Å². The van der Waals surface area contributed by atoms with Crippen molar-refractivity contribution in [2.45, 2.75) is 20.8 Å². The maximum atomic E-state index is 12.4. The molecule has 0 radical (unpaired) electrons. The van der Waals surface area contributed by atoms with E-state index in [1.54, 1.807) is 17.0 Å². The van der Waals surface area contributed by atoms with Gasteiger partial charge in [-0.25, -0.2) is 0 Å². The van der Waals surface area contributed by atoms with Gasteiger partial charge in [0, 0.05) is 29.6 Å². The SMILES string of the molecule is CCN(CC(C)C(N)=S)C(=O)c1ccc(C)c(Cl)c1. The maximum absolute atomic E-state index is 12.4. The van der Waals surface area contributed by atoms with Crippen LogP contribution in [-0.4, -0.2) is 28.9 Å². The number of aryl methyl sites for hydroxylation is 1. The lowest BCUT2D eigenvalue weighted by Gasteiger charge is -2.24. The van der Waals surface area contributed by atoms with Crippen molar-refractivity contribution in [2.24, 2.45) is 11.7 Å². The third-order valence-electron chi connectivity index (χ3n) is 3.07. The van der Waals surface area contributed by atoms with Crippen LogP contribution in [0.3, 0.4) is 0 Å². The van der Waals surface area contributed by atoms with Gasteiger partial charge in [-0.2, -0.15) is 0 Å². The minimum absolute atomic E-state index is 0.000166. The molecule has 0 aliphatic carbocycles. The molecule has 1 aromatic rings. The average molecular weight is 299 g/mol. The van der Waals surface area contributed by atoms with Crippen LogP contribution in [0.4, 0.5) is 0 Å². The zero-order valence-electron chi connectivity index (χ0n) is 11.4. The van der Waals surface area contributed by atoms with Crippen molar-refractivity contribution in [1.82, 2.24) is 4.90 Å². The standard InChI is InChI=1S/C14H19ClN2OS/c1-4-17(8-10(3)13(16)19)14(18)11-6-5-9(2)12(15)7-11/h5-7,10H,4,8H2,1-3H3,(H2,16,19). The van der Waals surface area contributed by atoms with Crippen LogP contribution in [0.1, 0.15) is 29.8 Å². The molecule has 1 amide bonds. The Balaban J connectivity index is 2.89. The number of amides is 1. The summed E-state index contributed by atoms with van der Waals surface area (Å²) in [5, 5.41) is 0.601. The van der Waals surface area contributed by atoms with E-state index >= 15 is 0 Å². The molecule has 1 rings (SSSR count). The number of benzene rings is 1. The van der Waals surface area contributed by atoms with Gasteiger partial charge in [0.15, 0.2) is 0 Å². The van der Waals surface area contributed by atoms with Gasteiger partial charge in [0.2, 0.25) is 0 Å². The number of nitrogens with two attached hydrogens (primary N) is 1. The van der Waals surface area contributed by atoms with Gasteiger partial charge in [0.05, 0.1) is 4.99 Å². The summed E-state index contributed by atoms with van der Waals surface area (Å²) in [4.78, 5) is 14.5. The fourth-order valence-electron chi connectivity index (χ4n) is 1.68. The molecule has 0 aliphatic rings. The van der Waals surface area contributed by atoms with E-state index in [2.05, 4.69) is 0 Å². The van der Waals surface area contributed by atoms with Crippen LogP contribution in [0.5, 0.6) is 0 Å². The summed E-state index contributed by atoms with van der Waals surface area (Å²) in [5.41, 5.74) is 7.14. The second kappa shape index (κ2) is 6.87. The third-order valence-corrected chi connectivity index (χ3v) is 3.88. The third kappa shape index (κ3) is 4.18. The predicted molar refractivity (Wildman–Crippen MR) is 83.7 cm³/mol. The molecule has 0 spiro atoms. The average Bonchev–Trinajstić information content (AvgIpc) is 2.37.